The lowest BCUT2D eigenvalue weighted by atomic mass is 9.79. The lowest BCUT2D eigenvalue weighted by molar-refractivity contribution is 0.128. The number of hydrogen-bond donors (Lipinski definition) is 3. The van der Waals surface area contributed by atoms with E-state index < -0.39 is 0 Å². The van der Waals surface area contributed by atoms with Gasteiger partial charge in [-0.25, -0.2) is 0 Å². The van der Waals surface area contributed by atoms with Crippen LogP contribution in [0, 0.1) is 0 Å². The first kappa shape index (κ1) is 21.4. The van der Waals surface area contributed by atoms with Gasteiger partial charge in [-0.1, -0.05) is 6.07 Å². The molecular weight excluding hydrogens is 418 g/mol. The fourth-order valence-corrected chi connectivity index (χ4v) is 5.27. The van der Waals surface area contributed by atoms with Crippen molar-refractivity contribution in [3.8, 4) is 34.1 Å². The number of imidazole rings is 1. The van der Waals surface area contributed by atoms with Crippen LogP contribution in [0.4, 0.5) is 0 Å². The molecule has 1 fully saturated rings. The Kier molecular flexibility index (Phi) is 4.89. The Morgan fingerprint density at radius 2 is 1.82 bits per heavy atom. The Hall–Kier alpha value is -3.46. The van der Waals surface area contributed by atoms with Gasteiger partial charge in [-0.2, -0.15) is 10.1 Å². The van der Waals surface area contributed by atoms with E-state index >= 15 is 0 Å². The van der Waals surface area contributed by atoms with Gasteiger partial charge in [0.1, 0.15) is 11.3 Å². The fourth-order valence-electron chi connectivity index (χ4n) is 5.27. The Bertz CT molecular complexity index is 1290. The van der Waals surface area contributed by atoms with E-state index in [0.29, 0.717) is 28.4 Å². The summed E-state index contributed by atoms with van der Waals surface area (Å²) in [6.07, 6.45) is 5.32. The number of aromatic amines is 1. The van der Waals surface area contributed by atoms with Crippen LogP contribution in [0.15, 0.2) is 36.7 Å². The number of nitrogens with zero attached hydrogens (tertiary/aromatic N) is 5. The molecule has 1 aliphatic rings. The van der Waals surface area contributed by atoms with Gasteiger partial charge in [-0.05, 0) is 64.3 Å². The summed E-state index contributed by atoms with van der Waals surface area (Å²) in [4.78, 5) is 4.70. The lowest BCUT2D eigenvalue weighted by Gasteiger charge is -2.46. The number of ether oxygens (including phenoxy) is 1. The molecule has 4 heterocycles. The first-order chi connectivity index (χ1) is 15.7. The molecule has 9 heteroatoms. The van der Waals surface area contributed by atoms with Crippen molar-refractivity contribution in [1.29, 1.82) is 0 Å². The van der Waals surface area contributed by atoms with Gasteiger partial charge in [0.25, 0.3) is 6.01 Å². The van der Waals surface area contributed by atoms with E-state index in [9.17, 15) is 5.11 Å². The molecule has 0 radical (unpaired) electrons. The number of phenols is 1. The van der Waals surface area contributed by atoms with Crippen LogP contribution in [0.5, 0.6) is 11.8 Å². The second kappa shape index (κ2) is 7.55. The highest BCUT2D eigenvalue weighted by atomic mass is 16.5. The molecule has 0 spiro atoms. The van der Waals surface area contributed by atoms with Crippen molar-refractivity contribution in [2.24, 2.45) is 0 Å². The maximum Gasteiger partial charge on any atom is 0.298 e. The third kappa shape index (κ3) is 3.93. The van der Waals surface area contributed by atoms with Crippen LogP contribution in [0.2, 0.25) is 0 Å². The maximum absolute atomic E-state index is 10.7. The zero-order chi connectivity index (χ0) is 23.4. The molecule has 4 aromatic rings. The van der Waals surface area contributed by atoms with E-state index in [-0.39, 0.29) is 22.9 Å². The zero-order valence-electron chi connectivity index (χ0n) is 19.5. The second-order valence-corrected chi connectivity index (χ2v) is 10.1. The van der Waals surface area contributed by atoms with Crippen LogP contribution in [-0.2, 0) is 0 Å². The van der Waals surface area contributed by atoms with E-state index in [1.54, 1.807) is 25.6 Å². The third-order valence-electron chi connectivity index (χ3n) is 6.23. The molecule has 3 aromatic heterocycles. The Balaban J connectivity index is 1.55. The van der Waals surface area contributed by atoms with Gasteiger partial charge in [-0.15, -0.1) is 10.2 Å². The molecule has 1 aliphatic heterocycles. The van der Waals surface area contributed by atoms with E-state index in [1.165, 1.54) is 0 Å². The van der Waals surface area contributed by atoms with Crippen molar-refractivity contribution in [3.63, 3.8) is 0 Å². The van der Waals surface area contributed by atoms with Gasteiger partial charge >= 0.3 is 0 Å². The van der Waals surface area contributed by atoms with Crippen LogP contribution in [-0.4, -0.2) is 53.2 Å². The van der Waals surface area contributed by atoms with E-state index in [0.717, 1.165) is 24.0 Å². The first-order valence-corrected chi connectivity index (χ1v) is 11.1. The normalized spacial score (nSPS) is 18.0. The smallest absolute Gasteiger partial charge is 0.298 e. The van der Waals surface area contributed by atoms with Crippen LogP contribution in [0.1, 0.15) is 46.6 Å². The summed E-state index contributed by atoms with van der Waals surface area (Å²) < 4.78 is 7.72. The van der Waals surface area contributed by atoms with Gasteiger partial charge in [0, 0.05) is 34.4 Å². The van der Waals surface area contributed by atoms with Crippen molar-refractivity contribution in [3.05, 3.63) is 36.7 Å². The predicted molar refractivity (Wildman–Crippen MR) is 126 cm³/mol. The molecule has 0 unspecified atom stereocenters. The molecule has 1 aromatic carbocycles. The average molecular weight is 448 g/mol. The minimum Gasteiger partial charge on any atom is -0.507 e. The number of nitrogens with one attached hydrogen (secondary N) is 2. The first-order valence-electron chi connectivity index (χ1n) is 11.1. The summed E-state index contributed by atoms with van der Waals surface area (Å²) in [7, 11) is 1.63. The third-order valence-corrected chi connectivity index (χ3v) is 6.23. The predicted octanol–water partition coefficient (Wildman–Crippen LogP) is 4.08. The highest BCUT2D eigenvalue weighted by molar-refractivity contribution is 5.80. The molecule has 0 amide bonds. The number of hydrogen-bond acceptors (Lipinski definition) is 7. The Morgan fingerprint density at radius 1 is 1.06 bits per heavy atom. The number of benzene rings is 1. The van der Waals surface area contributed by atoms with Crippen molar-refractivity contribution in [2.75, 3.05) is 7.11 Å². The summed E-state index contributed by atoms with van der Waals surface area (Å²) in [5.74, 6) is 0.121. The number of piperidine rings is 1. The number of phenolic OH excluding ortho intramolecular Hbond substituents is 1. The molecular formula is C24H29N7O2. The van der Waals surface area contributed by atoms with Gasteiger partial charge < -0.3 is 15.2 Å². The summed E-state index contributed by atoms with van der Waals surface area (Å²) in [5, 5.41) is 30.1. The van der Waals surface area contributed by atoms with E-state index in [2.05, 4.69) is 58.0 Å². The minimum atomic E-state index is -0.0378. The van der Waals surface area contributed by atoms with Crippen LogP contribution in [0.25, 0.3) is 33.5 Å². The van der Waals surface area contributed by atoms with Crippen LogP contribution < -0.4 is 10.1 Å². The largest absolute Gasteiger partial charge is 0.507 e. The maximum atomic E-state index is 10.7. The number of rotatable bonds is 4. The molecule has 0 saturated carbocycles. The fraction of sp³-hybridized carbons (Fsp3) is 0.417. The quantitative estimate of drug-likeness (QED) is 0.432. The molecule has 9 nitrogen and oxygen atoms in total. The molecule has 0 atom stereocenters. The number of aromatic hydroxyl groups is 1. The molecule has 3 N–H and O–H groups in total. The summed E-state index contributed by atoms with van der Waals surface area (Å²) in [6, 6.07) is 7.99. The zero-order valence-corrected chi connectivity index (χ0v) is 19.5. The number of methoxy groups -OCH3 is 1. The summed E-state index contributed by atoms with van der Waals surface area (Å²) in [6.45, 7) is 8.86. The van der Waals surface area contributed by atoms with Crippen molar-refractivity contribution >= 4 is 11.2 Å². The minimum absolute atomic E-state index is 0.0378. The van der Waals surface area contributed by atoms with Crippen molar-refractivity contribution < 1.29 is 9.84 Å². The highest BCUT2D eigenvalue weighted by Gasteiger charge is 2.40. The lowest BCUT2D eigenvalue weighted by Crippen LogP contribution is -2.57. The number of H-pyrrole nitrogens is 1. The standard InChI is InChI=1S/C24H29N7O2/c1-23(2)10-16(11-24(3,4)30-23)31-21-19(27-22(31)33-5)9-18(28-29-21)17-7-6-14(8-20(17)32)15-12-25-26-13-15/h6-9,12-13,16,30,32H,10-11H2,1-5H3,(H,25,26). The molecule has 1 saturated heterocycles. The Morgan fingerprint density at radius 3 is 2.45 bits per heavy atom. The Labute approximate surface area is 192 Å². The van der Waals surface area contributed by atoms with Gasteiger partial charge in [-0.3, -0.25) is 9.67 Å². The summed E-state index contributed by atoms with van der Waals surface area (Å²) >= 11 is 0. The highest BCUT2D eigenvalue weighted by Crippen LogP contribution is 2.40. The van der Waals surface area contributed by atoms with Crippen LogP contribution >= 0.6 is 0 Å². The van der Waals surface area contributed by atoms with Crippen molar-refractivity contribution in [1.82, 2.24) is 35.3 Å². The SMILES string of the molecule is COc1nc2cc(-c3ccc(-c4cn[nH]c4)cc3O)nnc2n1C1CC(C)(C)NC(C)(C)C1. The second-order valence-electron chi connectivity index (χ2n) is 10.1. The molecule has 172 valence electrons. The molecule has 0 bridgehead atoms. The number of fused-ring (bicyclic) bond motifs is 1. The summed E-state index contributed by atoms with van der Waals surface area (Å²) in [5.41, 5.74) is 4.20. The van der Waals surface area contributed by atoms with E-state index in [1.807, 2.05) is 18.2 Å². The topological polar surface area (TPSA) is 114 Å². The van der Waals surface area contributed by atoms with E-state index in [4.69, 9.17) is 9.72 Å². The van der Waals surface area contributed by atoms with Crippen LogP contribution in [0.3, 0.4) is 0 Å². The molecule has 33 heavy (non-hydrogen) atoms. The molecule has 0 aliphatic carbocycles. The molecule has 5 rings (SSSR count). The monoisotopic (exact) mass is 447 g/mol. The van der Waals surface area contributed by atoms with Gasteiger partial charge in [0.2, 0.25) is 0 Å². The average Bonchev–Trinajstić information content (AvgIpc) is 3.38. The van der Waals surface area contributed by atoms with Gasteiger partial charge in [0.15, 0.2) is 5.65 Å². The number of aromatic nitrogens is 6. The van der Waals surface area contributed by atoms with Crippen molar-refractivity contribution in [2.45, 2.75) is 57.7 Å². The van der Waals surface area contributed by atoms with Gasteiger partial charge in [0.05, 0.1) is 19.0 Å².